The fraction of sp³-hybridized carbons (Fsp3) is 0.639. The van der Waals surface area contributed by atoms with Crippen LogP contribution in [0.15, 0.2) is 35.7 Å². The number of rotatable bonds is 39. The van der Waals surface area contributed by atoms with Crippen molar-refractivity contribution in [2.45, 2.75) is 162 Å². The summed E-state index contributed by atoms with van der Waals surface area (Å²) >= 11 is 1.07. The standard InChI is InChI=1S/C61H92N10O17S/c1-11-37(4)54(68-58(81)46-15-12-13-23-69(46)9)60(82)70(10)47(36(2)3)34-49(88-41(8)72)59-67-45(35-89-59)57(80)65-43(31-38(5)61(83)84)32-42-17-18-48(73)44(33-42)66-56(79)40(7)64-55(78)39(6)63-51(75)21-25-85-27-29-87-30-28-86-26-22-62-50(74)16-14-24-71-52(76)19-20-53(71)77/h17-20,33,35-40,43,46-47,49,54,73H,11-16,21-32,34H2,1-10H3,(H,62,74)(H,63,75)(H,64,78)(H,65,80)(H,66,79)(H,68,81)(H,83,84)/t37-,38-,39-,40-,43+,46+,47+,49+,54-/m0/s1. The molecule has 1 fully saturated rings. The second kappa shape index (κ2) is 37.6. The number of nitrogens with zero attached hydrogens (tertiary/aromatic N) is 4. The molecule has 3 heterocycles. The Bertz CT molecular complexity index is 2760. The molecule has 0 radical (unpaired) electrons. The molecule has 4 rings (SSSR count). The van der Waals surface area contributed by atoms with E-state index in [1.807, 2.05) is 39.6 Å². The third-order valence-corrected chi connectivity index (χ3v) is 16.4. The van der Waals surface area contributed by atoms with E-state index in [1.165, 1.54) is 57.4 Å². The molecule has 0 spiro atoms. The topological polar surface area (TPSA) is 360 Å². The molecule has 1 aromatic carbocycles. The number of phenolic OH excluding ortho intramolecular Hbond substituents is 1. The van der Waals surface area contributed by atoms with Gasteiger partial charge in [0.2, 0.25) is 35.4 Å². The third kappa shape index (κ3) is 24.8. The Hall–Kier alpha value is -7.40. The number of amides is 9. The van der Waals surface area contributed by atoms with E-state index in [0.29, 0.717) is 24.8 Å². The van der Waals surface area contributed by atoms with Crippen LogP contribution < -0.4 is 31.9 Å². The number of carboxylic acids is 1. The van der Waals surface area contributed by atoms with Crippen molar-refractivity contribution in [1.82, 2.24) is 46.3 Å². The molecule has 89 heavy (non-hydrogen) atoms. The van der Waals surface area contributed by atoms with Crippen LogP contribution in [0.4, 0.5) is 5.69 Å². The van der Waals surface area contributed by atoms with Crippen LogP contribution in [0.1, 0.15) is 140 Å². The normalized spacial score (nSPS) is 16.9. The monoisotopic (exact) mass is 1270 g/mol. The Labute approximate surface area is 524 Å². The van der Waals surface area contributed by atoms with Gasteiger partial charge >= 0.3 is 11.9 Å². The Morgan fingerprint density at radius 3 is 2.09 bits per heavy atom. The Kier molecular flexibility index (Phi) is 31.3. The number of hydrogen-bond acceptors (Lipinski definition) is 19. The van der Waals surface area contributed by atoms with Crippen molar-refractivity contribution in [2.75, 3.05) is 78.7 Å². The molecule has 0 bridgehead atoms. The first-order valence-corrected chi connectivity index (χ1v) is 31.3. The Balaban J connectivity index is 1.25. The number of aromatic nitrogens is 1. The van der Waals surface area contributed by atoms with Crippen molar-refractivity contribution < 1.29 is 81.9 Å². The SMILES string of the molecule is CC[C@H](C)[C@H](NC(=O)[C@H]1CCCCN1C)C(=O)N(C)[C@H](C[C@@H](OC(C)=O)c1nc(C(=O)N[C@@H](Cc2ccc(O)c(NC(=O)[C@H](C)NC(=O)[C@H](C)NC(=O)CCOCCOCCOCCNC(=O)CCCN3C(=O)C=CC3=O)c2)C[C@H](C)C(=O)O)cs1)C(C)C. The van der Waals surface area contributed by atoms with Crippen molar-refractivity contribution in [3.05, 3.63) is 52.0 Å². The van der Waals surface area contributed by atoms with Crippen LogP contribution in [0.25, 0.3) is 0 Å². The van der Waals surface area contributed by atoms with Crippen LogP contribution in [0, 0.1) is 17.8 Å². The van der Waals surface area contributed by atoms with E-state index in [9.17, 15) is 63.0 Å². The molecular formula is C61H92N10O17S. The van der Waals surface area contributed by atoms with E-state index < -0.39 is 77.8 Å². The minimum absolute atomic E-state index is 0.0351. The van der Waals surface area contributed by atoms with E-state index >= 15 is 0 Å². The molecule has 2 aliphatic rings. The average molecular weight is 1270 g/mol. The number of thiazole rings is 1. The van der Waals surface area contributed by atoms with Gasteiger partial charge < -0.3 is 66.0 Å². The van der Waals surface area contributed by atoms with Gasteiger partial charge in [0.1, 0.15) is 34.6 Å². The molecule has 27 nitrogen and oxygen atoms in total. The maximum atomic E-state index is 14.4. The number of piperidine rings is 1. The van der Waals surface area contributed by atoms with Gasteiger partial charge in [-0.15, -0.1) is 11.3 Å². The highest BCUT2D eigenvalue weighted by molar-refractivity contribution is 7.09. The summed E-state index contributed by atoms with van der Waals surface area (Å²) in [6.45, 7) is 15.8. The molecule has 0 saturated carbocycles. The number of imide groups is 1. The number of ether oxygens (including phenoxy) is 4. The first kappa shape index (κ1) is 74.1. The van der Waals surface area contributed by atoms with Crippen molar-refractivity contribution in [1.29, 1.82) is 0 Å². The number of phenols is 1. The van der Waals surface area contributed by atoms with Crippen molar-refractivity contribution in [3.63, 3.8) is 0 Å². The van der Waals surface area contributed by atoms with Gasteiger partial charge in [-0.2, -0.15) is 0 Å². The molecule has 494 valence electrons. The smallest absolute Gasteiger partial charge is 0.306 e. The molecule has 2 aliphatic heterocycles. The number of nitrogens with one attached hydrogen (secondary N) is 6. The third-order valence-electron chi connectivity index (χ3n) is 15.4. The molecule has 9 atom stereocenters. The first-order chi connectivity index (χ1) is 42.2. The van der Waals surface area contributed by atoms with Gasteiger partial charge in [0.25, 0.3) is 17.7 Å². The molecule has 8 N–H and O–H groups in total. The van der Waals surface area contributed by atoms with Gasteiger partial charge in [-0.25, -0.2) is 4.98 Å². The highest BCUT2D eigenvalue weighted by atomic mass is 32.1. The molecule has 9 amide bonds. The summed E-state index contributed by atoms with van der Waals surface area (Å²) in [4.78, 5) is 150. The molecule has 0 aliphatic carbocycles. The van der Waals surface area contributed by atoms with Gasteiger partial charge in [0.05, 0.1) is 57.3 Å². The van der Waals surface area contributed by atoms with Crippen LogP contribution >= 0.6 is 11.3 Å². The van der Waals surface area contributed by atoms with Gasteiger partial charge in [0, 0.05) is 75.9 Å². The summed E-state index contributed by atoms with van der Waals surface area (Å²) in [5, 5.41) is 38.8. The lowest BCUT2D eigenvalue weighted by Crippen LogP contribution is -2.58. The molecule has 0 unspecified atom stereocenters. The predicted molar refractivity (Wildman–Crippen MR) is 328 cm³/mol. The predicted octanol–water partition coefficient (Wildman–Crippen LogP) is 3.00. The number of aromatic hydroxyl groups is 1. The zero-order valence-electron chi connectivity index (χ0n) is 52.9. The van der Waals surface area contributed by atoms with E-state index in [4.69, 9.17) is 18.9 Å². The summed E-state index contributed by atoms with van der Waals surface area (Å²) in [6.07, 6.45) is 5.20. The zero-order chi connectivity index (χ0) is 65.9. The van der Waals surface area contributed by atoms with E-state index in [1.54, 1.807) is 18.0 Å². The Morgan fingerprint density at radius 1 is 0.809 bits per heavy atom. The molecule has 1 aromatic heterocycles. The highest BCUT2D eigenvalue weighted by Gasteiger charge is 2.38. The number of carboxylic acid groups (broad SMARTS) is 1. The van der Waals surface area contributed by atoms with Gasteiger partial charge in [-0.1, -0.05) is 53.5 Å². The molecule has 1 saturated heterocycles. The first-order valence-electron chi connectivity index (χ1n) is 30.4. The number of anilines is 1. The lowest BCUT2D eigenvalue weighted by Gasteiger charge is -2.38. The molecule has 2 aromatic rings. The maximum Gasteiger partial charge on any atom is 0.306 e. The molecule has 28 heteroatoms. The van der Waals surface area contributed by atoms with E-state index in [-0.39, 0.29) is 154 Å². The minimum Gasteiger partial charge on any atom is -0.506 e. The van der Waals surface area contributed by atoms with Gasteiger partial charge in [-0.3, -0.25) is 62.5 Å². The maximum absolute atomic E-state index is 14.4. The lowest BCUT2D eigenvalue weighted by molar-refractivity contribution is -0.149. The van der Waals surface area contributed by atoms with Crippen LogP contribution in [-0.4, -0.2) is 205 Å². The quantitative estimate of drug-likeness (QED) is 0.0206. The number of likely N-dealkylation sites (N-methyl/N-ethyl adjacent to an activating group) is 2. The van der Waals surface area contributed by atoms with Crippen molar-refractivity contribution in [2.24, 2.45) is 17.8 Å². The van der Waals surface area contributed by atoms with Crippen molar-refractivity contribution >= 4 is 82.1 Å². The number of esters is 1. The summed E-state index contributed by atoms with van der Waals surface area (Å²) in [6, 6.07) is -0.357. The second-order valence-electron chi connectivity index (χ2n) is 22.9. The van der Waals surface area contributed by atoms with Gasteiger partial charge in [-0.05, 0) is 89.1 Å². The number of likely N-dealkylation sites (tertiary alicyclic amines) is 1. The summed E-state index contributed by atoms with van der Waals surface area (Å²) in [5.74, 6) is -7.32. The van der Waals surface area contributed by atoms with Crippen molar-refractivity contribution in [3.8, 4) is 5.75 Å². The fourth-order valence-corrected chi connectivity index (χ4v) is 10.8. The zero-order valence-corrected chi connectivity index (χ0v) is 53.7. The fourth-order valence-electron chi connectivity index (χ4n) is 9.96. The van der Waals surface area contributed by atoms with Crippen LogP contribution in [-0.2, 0) is 73.3 Å². The summed E-state index contributed by atoms with van der Waals surface area (Å²) in [5.41, 5.74) is 0.409. The Morgan fingerprint density at radius 2 is 1.46 bits per heavy atom. The number of carbonyl (C=O) groups is 11. The largest absolute Gasteiger partial charge is 0.506 e. The number of aliphatic carboxylic acids is 1. The second-order valence-corrected chi connectivity index (χ2v) is 23.8. The summed E-state index contributed by atoms with van der Waals surface area (Å²) in [7, 11) is 3.57. The summed E-state index contributed by atoms with van der Waals surface area (Å²) < 4.78 is 22.1. The van der Waals surface area contributed by atoms with Gasteiger partial charge in [0.15, 0.2) is 6.10 Å². The van der Waals surface area contributed by atoms with E-state index in [0.717, 1.165) is 35.6 Å². The van der Waals surface area contributed by atoms with Crippen LogP contribution in [0.5, 0.6) is 5.75 Å². The average Bonchev–Trinajstić information content (AvgIpc) is 4.16. The highest BCUT2D eigenvalue weighted by Crippen LogP contribution is 2.32. The number of hydrogen-bond donors (Lipinski definition) is 8. The minimum atomic E-state index is -1.15. The number of benzene rings is 1. The number of carbonyl (C=O) groups excluding carboxylic acids is 10. The molecular weight excluding hydrogens is 1180 g/mol. The van der Waals surface area contributed by atoms with Crippen LogP contribution in [0.2, 0.25) is 0 Å². The van der Waals surface area contributed by atoms with Crippen LogP contribution in [0.3, 0.4) is 0 Å². The van der Waals surface area contributed by atoms with E-state index in [2.05, 4.69) is 36.9 Å². The lowest BCUT2D eigenvalue weighted by atomic mass is 9.92.